The summed E-state index contributed by atoms with van der Waals surface area (Å²) in [6.07, 6.45) is 0. The molecule has 14 heteroatoms. The zero-order chi connectivity index (χ0) is 19.8. The van der Waals surface area contributed by atoms with Crippen molar-refractivity contribution >= 4 is 22.7 Å². The Kier molecular flexibility index (Phi) is 4.34. The van der Waals surface area contributed by atoms with E-state index in [2.05, 4.69) is 0 Å². The molecular weight excluding hydrogens is 360 g/mol. The molecule has 0 saturated heterocycles. The third-order valence-corrected chi connectivity index (χ3v) is 3.22. The maximum absolute atomic E-state index is 11.7. The molecule has 0 radical (unpaired) electrons. The van der Waals surface area contributed by atoms with Crippen LogP contribution in [0.25, 0.3) is 11.1 Å². The number of nitrogens with zero attached hydrogens (tertiary/aromatic N) is 4. The monoisotopic (exact) mass is 364 g/mol. The summed E-state index contributed by atoms with van der Waals surface area (Å²) in [6, 6.07) is 2.29. The van der Waals surface area contributed by atoms with Crippen LogP contribution in [0.2, 0.25) is 0 Å². The SMILES string of the molecule is O=[N+]([O-])c1cc(-c2cc([N+](=O)[O-])c([O-])c([N+](=O)[O-])c2)cc([N+](=O)[O-])c1[O-]. The molecule has 0 fully saturated rings. The number of hydrogen-bond acceptors (Lipinski definition) is 10. The Bertz CT molecular complexity index is 836. The van der Waals surface area contributed by atoms with Gasteiger partial charge in [0.1, 0.15) is 0 Å². The van der Waals surface area contributed by atoms with Crippen molar-refractivity contribution in [2.45, 2.75) is 0 Å². The molecule has 0 atom stereocenters. The zero-order valence-electron chi connectivity index (χ0n) is 12.2. The summed E-state index contributed by atoms with van der Waals surface area (Å²) in [6.45, 7) is 0. The number of nitro benzene ring substituents is 4. The highest BCUT2D eigenvalue weighted by Gasteiger charge is 2.24. The molecule has 0 spiro atoms. The average Bonchev–Trinajstić information content (AvgIpc) is 2.54. The Morgan fingerprint density at radius 1 is 0.500 bits per heavy atom. The minimum Gasteiger partial charge on any atom is -0.863 e. The topological polar surface area (TPSA) is 219 Å². The Labute approximate surface area is 141 Å². The number of benzene rings is 2. The van der Waals surface area contributed by atoms with Crippen molar-refractivity contribution in [1.29, 1.82) is 0 Å². The first-order valence-corrected chi connectivity index (χ1v) is 6.32. The summed E-state index contributed by atoms with van der Waals surface area (Å²) < 4.78 is 0. The lowest BCUT2D eigenvalue weighted by Crippen LogP contribution is -2.05. The second-order valence-electron chi connectivity index (χ2n) is 4.72. The van der Waals surface area contributed by atoms with E-state index in [1.54, 1.807) is 0 Å². The molecule has 0 saturated carbocycles. The Morgan fingerprint density at radius 2 is 0.692 bits per heavy atom. The molecule has 14 nitrogen and oxygen atoms in total. The van der Waals surface area contributed by atoms with Gasteiger partial charge in [-0.25, -0.2) is 0 Å². The summed E-state index contributed by atoms with van der Waals surface area (Å²) in [5, 5.41) is 67.0. The molecule has 0 aliphatic carbocycles. The van der Waals surface area contributed by atoms with Gasteiger partial charge in [-0.3, -0.25) is 40.5 Å². The molecule has 0 unspecified atom stereocenters. The van der Waals surface area contributed by atoms with Crippen LogP contribution in [-0.4, -0.2) is 19.7 Å². The van der Waals surface area contributed by atoms with Gasteiger partial charge in [-0.2, -0.15) is 0 Å². The van der Waals surface area contributed by atoms with Crippen LogP contribution >= 0.6 is 0 Å². The number of nitro groups is 4. The number of rotatable bonds is 5. The van der Waals surface area contributed by atoms with Gasteiger partial charge in [0.2, 0.25) is 0 Å². The number of hydrogen-bond donors (Lipinski definition) is 0. The highest BCUT2D eigenvalue weighted by atomic mass is 16.6. The third kappa shape index (κ3) is 3.01. The van der Waals surface area contributed by atoms with Crippen LogP contribution in [0.3, 0.4) is 0 Å². The first-order chi connectivity index (χ1) is 12.0. The fourth-order valence-electron chi connectivity index (χ4n) is 2.07. The Hall–Kier alpha value is -4.36. The molecular formula is C12H4N4O10-2. The lowest BCUT2D eigenvalue weighted by molar-refractivity contribution is -0.416. The average molecular weight is 364 g/mol. The van der Waals surface area contributed by atoms with E-state index in [9.17, 15) is 50.7 Å². The van der Waals surface area contributed by atoms with Gasteiger partial charge >= 0.3 is 0 Å². The smallest absolute Gasteiger partial charge is 0.269 e. The van der Waals surface area contributed by atoms with Crippen molar-refractivity contribution in [2.24, 2.45) is 0 Å². The van der Waals surface area contributed by atoms with Crippen molar-refractivity contribution in [3.8, 4) is 22.6 Å². The molecule has 0 N–H and O–H groups in total. The molecule has 0 aliphatic heterocycles. The second-order valence-corrected chi connectivity index (χ2v) is 4.72. The highest BCUT2D eigenvalue weighted by molar-refractivity contribution is 5.79. The third-order valence-electron chi connectivity index (χ3n) is 3.22. The minimum absolute atomic E-state index is 0.450. The zero-order valence-corrected chi connectivity index (χ0v) is 12.2. The fourth-order valence-corrected chi connectivity index (χ4v) is 2.07. The predicted octanol–water partition coefficient (Wildman–Crippen LogP) is 1.13. The van der Waals surface area contributed by atoms with Gasteiger partial charge in [0.25, 0.3) is 22.7 Å². The second kappa shape index (κ2) is 6.27. The fraction of sp³-hybridized carbons (Fsp3) is 0. The van der Waals surface area contributed by atoms with E-state index in [1.807, 2.05) is 0 Å². The van der Waals surface area contributed by atoms with E-state index in [4.69, 9.17) is 0 Å². The summed E-state index contributed by atoms with van der Waals surface area (Å²) in [5.41, 5.74) is -5.71. The van der Waals surface area contributed by atoms with Gasteiger partial charge in [0, 0.05) is 24.3 Å². The quantitative estimate of drug-likeness (QED) is 0.543. The van der Waals surface area contributed by atoms with Gasteiger partial charge in [0.05, 0.1) is 31.2 Å². The van der Waals surface area contributed by atoms with Crippen molar-refractivity contribution in [3.05, 3.63) is 64.7 Å². The summed E-state index contributed by atoms with van der Waals surface area (Å²) in [4.78, 5) is 38.8. The van der Waals surface area contributed by atoms with E-state index in [-0.39, 0.29) is 0 Å². The van der Waals surface area contributed by atoms with Gasteiger partial charge in [-0.05, 0) is 11.1 Å². The molecule has 0 amide bonds. The minimum atomic E-state index is -1.51. The molecule has 0 bridgehead atoms. The molecule has 26 heavy (non-hydrogen) atoms. The van der Waals surface area contributed by atoms with Crippen LogP contribution in [-0.2, 0) is 0 Å². The molecule has 0 aliphatic rings. The van der Waals surface area contributed by atoms with Crippen LogP contribution in [0.1, 0.15) is 0 Å². The standard InChI is InChI=1S/C12H6N4O10/c17-11-7(13(19)20)1-5(2-8(11)14(21)22)6-3-9(15(23)24)12(18)10(4-6)16(25)26/h1-4,17-18H/p-2. The predicted molar refractivity (Wildman–Crippen MR) is 77.4 cm³/mol. The largest absolute Gasteiger partial charge is 0.863 e. The molecule has 2 aromatic rings. The van der Waals surface area contributed by atoms with Crippen molar-refractivity contribution in [1.82, 2.24) is 0 Å². The van der Waals surface area contributed by atoms with E-state index < -0.39 is 65.1 Å². The van der Waals surface area contributed by atoms with Gasteiger partial charge in [-0.15, -0.1) is 0 Å². The van der Waals surface area contributed by atoms with Gasteiger partial charge in [-0.1, -0.05) is 0 Å². The Balaban J connectivity index is 2.87. The Morgan fingerprint density at radius 3 is 0.846 bits per heavy atom. The first kappa shape index (κ1) is 18.0. The highest BCUT2D eigenvalue weighted by Crippen LogP contribution is 2.42. The van der Waals surface area contributed by atoms with E-state index in [0.29, 0.717) is 24.3 Å². The molecule has 0 heterocycles. The van der Waals surface area contributed by atoms with E-state index in [1.165, 1.54) is 0 Å². The molecule has 2 aromatic carbocycles. The van der Waals surface area contributed by atoms with Crippen LogP contribution < -0.4 is 10.2 Å². The van der Waals surface area contributed by atoms with E-state index >= 15 is 0 Å². The summed E-state index contributed by atoms with van der Waals surface area (Å²) in [7, 11) is 0. The lowest BCUT2D eigenvalue weighted by Gasteiger charge is -2.12. The van der Waals surface area contributed by atoms with E-state index in [0.717, 1.165) is 0 Å². The molecule has 2 rings (SSSR count). The van der Waals surface area contributed by atoms with Gasteiger partial charge in [0.15, 0.2) is 0 Å². The maximum atomic E-state index is 11.7. The van der Waals surface area contributed by atoms with Crippen LogP contribution in [0, 0.1) is 40.5 Å². The summed E-state index contributed by atoms with van der Waals surface area (Å²) >= 11 is 0. The normalized spacial score (nSPS) is 10.3. The van der Waals surface area contributed by atoms with Crippen molar-refractivity contribution in [3.63, 3.8) is 0 Å². The van der Waals surface area contributed by atoms with Crippen LogP contribution in [0.15, 0.2) is 24.3 Å². The van der Waals surface area contributed by atoms with Crippen molar-refractivity contribution < 1.29 is 29.9 Å². The first-order valence-electron chi connectivity index (χ1n) is 6.32. The summed E-state index contributed by atoms with van der Waals surface area (Å²) in [5.74, 6) is -3.01. The van der Waals surface area contributed by atoms with Gasteiger partial charge < -0.3 is 10.2 Å². The lowest BCUT2D eigenvalue weighted by atomic mass is 10.0. The van der Waals surface area contributed by atoms with Crippen LogP contribution in [0.4, 0.5) is 22.7 Å². The van der Waals surface area contributed by atoms with Crippen molar-refractivity contribution in [2.75, 3.05) is 0 Å². The molecule has 134 valence electrons. The maximum Gasteiger partial charge on any atom is 0.269 e. The molecule has 0 aromatic heterocycles. The van der Waals surface area contributed by atoms with Crippen LogP contribution in [0.5, 0.6) is 11.5 Å².